The van der Waals surface area contributed by atoms with E-state index < -0.39 is 18.2 Å². The van der Waals surface area contributed by atoms with Crippen molar-refractivity contribution in [3.63, 3.8) is 0 Å². The van der Waals surface area contributed by atoms with Crippen LogP contribution in [0.4, 0.5) is 0 Å². The standard InChI is InChI=1S/C8H9NO5.Li/c10-2-1-4-7(8(12)13)9-5(11)3-6(9)14-4;/h1,6-7,10H,2-3H2,(H,12,13);/q;+1/p-1/t6-,7+;/m0./s1. The molecule has 76 valence electrons. The Morgan fingerprint density at radius 1 is 1.73 bits per heavy atom. The fraction of sp³-hybridized carbons (Fsp3) is 0.500. The van der Waals surface area contributed by atoms with E-state index in [1.165, 1.54) is 6.08 Å². The molecule has 2 aliphatic heterocycles. The largest absolute Gasteiger partial charge is 1.00 e. The van der Waals surface area contributed by atoms with Gasteiger partial charge in [0.2, 0.25) is 5.91 Å². The van der Waals surface area contributed by atoms with Crippen molar-refractivity contribution in [3.8, 4) is 0 Å². The van der Waals surface area contributed by atoms with Crippen LogP contribution in [0.1, 0.15) is 6.42 Å². The number of ether oxygens (including phenoxy) is 1. The number of nitrogens with zero attached hydrogens (tertiary/aromatic N) is 1. The number of carboxylic acids is 1. The number of β-lactam (4-membered cyclic amide) rings is 1. The number of carbonyl (C=O) groups is 2. The summed E-state index contributed by atoms with van der Waals surface area (Å²) in [7, 11) is 0. The van der Waals surface area contributed by atoms with Gasteiger partial charge in [-0.25, -0.2) is 0 Å². The first kappa shape index (κ1) is 12.1. The number of aliphatic carboxylic acids is 1. The Kier molecular flexibility index (Phi) is 3.45. The normalized spacial score (nSPS) is 30.3. The van der Waals surface area contributed by atoms with Gasteiger partial charge >= 0.3 is 18.9 Å². The van der Waals surface area contributed by atoms with E-state index in [9.17, 15) is 14.7 Å². The summed E-state index contributed by atoms with van der Waals surface area (Å²) in [5, 5.41) is 19.3. The van der Waals surface area contributed by atoms with Crippen LogP contribution in [-0.2, 0) is 14.3 Å². The van der Waals surface area contributed by atoms with Crippen molar-refractivity contribution in [3.05, 3.63) is 11.8 Å². The van der Waals surface area contributed by atoms with Crippen molar-refractivity contribution < 1.29 is 43.4 Å². The van der Waals surface area contributed by atoms with Gasteiger partial charge in [0.1, 0.15) is 11.8 Å². The molecule has 15 heavy (non-hydrogen) atoms. The molecule has 0 aliphatic carbocycles. The average Bonchev–Trinajstić information content (AvgIpc) is 2.39. The number of hydrogen-bond acceptors (Lipinski definition) is 5. The van der Waals surface area contributed by atoms with Crippen molar-refractivity contribution in [2.24, 2.45) is 0 Å². The van der Waals surface area contributed by atoms with Crippen molar-refractivity contribution >= 4 is 11.9 Å². The topological polar surface area (TPSA) is 89.9 Å². The Morgan fingerprint density at radius 3 is 2.87 bits per heavy atom. The number of aliphatic hydroxyl groups excluding tert-OH is 1. The minimum Gasteiger partial charge on any atom is -0.547 e. The second-order valence-corrected chi connectivity index (χ2v) is 3.09. The molecule has 1 amide bonds. The summed E-state index contributed by atoms with van der Waals surface area (Å²) in [6.45, 7) is -0.326. The quantitative estimate of drug-likeness (QED) is 0.359. The smallest absolute Gasteiger partial charge is 0.547 e. The molecule has 2 saturated heterocycles. The summed E-state index contributed by atoms with van der Waals surface area (Å²) in [6.07, 6.45) is 0.918. The number of aliphatic hydroxyl groups is 1. The van der Waals surface area contributed by atoms with Gasteiger partial charge in [-0.1, -0.05) is 0 Å². The molecule has 2 atom stereocenters. The molecular formula is C8H8LiNO5. The Morgan fingerprint density at radius 2 is 2.40 bits per heavy atom. The van der Waals surface area contributed by atoms with Gasteiger partial charge in [0.05, 0.1) is 19.0 Å². The Hall–Kier alpha value is -0.963. The van der Waals surface area contributed by atoms with Crippen LogP contribution >= 0.6 is 0 Å². The molecule has 2 heterocycles. The second-order valence-electron chi connectivity index (χ2n) is 3.09. The molecule has 2 rings (SSSR count). The molecule has 6 nitrogen and oxygen atoms in total. The first-order chi connectivity index (χ1) is 6.65. The first-order valence-electron chi connectivity index (χ1n) is 4.14. The summed E-state index contributed by atoms with van der Waals surface area (Å²) in [6, 6.07) is -1.17. The molecule has 0 spiro atoms. The van der Waals surface area contributed by atoms with Crippen LogP contribution in [0.15, 0.2) is 11.8 Å². The van der Waals surface area contributed by atoms with Crippen LogP contribution in [0.2, 0.25) is 0 Å². The van der Waals surface area contributed by atoms with Gasteiger partial charge in [-0.2, -0.15) is 0 Å². The average molecular weight is 205 g/mol. The summed E-state index contributed by atoms with van der Waals surface area (Å²) >= 11 is 0. The molecule has 2 fully saturated rings. The van der Waals surface area contributed by atoms with Crippen molar-refractivity contribution in [2.45, 2.75) is 18.7 Å². The number of hydrogen-bond donors (Lipinski definition) is 1. The summed E-state index contributed by atoms with van der Waals surface area (Å²) in [5.41, 5.74) is 0. The van der Waals surface area contributed by atoms with E-state index in [-0.39, 0.29) is 43.6 Å². The Balaban J connectivity index is 0.00000112. The number of rotatable bonds is 2. The van der Waals surface area contributed by atoms with Gasteiger partial charge in [0.25, 0.3) is 0 Å². The van der Waals surface area contributed by atoms with Crippen molar-refractivity contribution in [1.29, 1.82) is 0 Å². The Labute approximate surface area is 97.7 Å². The maximum atomic E-state index is 11.0. The molecule has 0 aromatic rings. The zero-order valence-corrected chi connectivity index (χ0v) is 8.17. The maximum absolute atomic E-state index is 11.0. The van der Waals surface area contributed by atoms with E-state index in [1.807, 2.05) is 0 Å². The molecule has 1 N–H and O–H groups in total. The molecular weight excluding hydrogens is 197 g/mol. The summed E-state index contributed by atoms with van der Waals surface area (Å²) in [5.74, 6) is -1.57. The molecule has 0 saturated carbocycles. The third kappa shape index (κ3) is 1.76. The van der Waals surface area contributed by atoms with E-state index >= 15 is 0 Å². The molecule has 0 unspecified atom stereocenters. The van der Waals surface area contributed by atoms with Crippen LogP contribution in [0.25, 0.3) is 0 Å². The molecule has 7 heteroatoms. The number of fused-ring (bicyclic) bond motifs is 1. The van der Waals surface area contributed by atoms with Gasteiger partial charge in [-0.3, -0.25) is 9.69 Å². The molecule has 0 aromatic carbocycles. The van der Waals surface area contributed by atoms with Crippen LogP contribution in [0, 0.1) is 0 Å². The summed E-state index contributed by atoms with van der Waals surface area (Å²) < 4.78 is 5.13. The minimum atomic E-state index is -1.39. The van der Waals surface area contributed by atoms with Gasteiger partial charge in [-0.15, -0.1) is 0 Å². The maximum Gasteiger partial charge on any atom is 1.00 e. The van der Waals surface area contributed by atoms with E-state index in [4.69, 9.17) is 9.84 Å². The predicted octanol–water partition coefficient (Wildman–Crippen LogP) is -5.43. The van der Waals surface area contributed by atoms with Crippen LogP contribution in [-0.4, -0.2) is 40.8 Å². The molecule has 0 aromatic heterocycles. The van der Waals surface area contributed by atoms with Crippen molar-refractivity contribution in [1.82, 2.24) is 4.90 Å². The zero-order chi connectivity index (χ0) is 10.3. The summed E-state index contributed by atoms with van der Waals surface area (Å²) in [4.78, 5) is 22.9. The number of carboxylic acid groups (broad SMARTS) is 1. The predicted molar refractivity (Wildman–Crippen MR) is 40.3 cm³/mol. The van der Waals surface area contributed by atoms with E-state index in [1.54, 1.807) is 0 Å². The van der Waals surface area contributed by atoms with Gasteiger partial charge in [0, 0.05) is 0 Å². The fourth-order valence-corrected chi connectivity index (χ4v) is 1.65. The van der Waals surface area contributed by atoms with E-state index in [0.717, 1.165) is 4.90 Å². The van der Waals surface area contributed by atoms with Crippen molar-refractivity contribution in [2.75, 3.05) is 6.61 Å². The first-order valence-corrected chi connectivity index (χ1v) is 4.14. The van der Waals surface area contributed by atoms with E-state index in [2.05, 4.69) is 0 Å². The van der Waals surface area contributed by atoms with E-state index in [0.29, 0.717) is 0 Å². The SMILES string of the molecule is O=C([O-])[C@H]1C(=CCO)O[C@H]2CC(=O)N12.[Li+]. The third-order valence-corrected chi connectivity index (χ3v) is 2.28. The molecule has 0 bridgehead atoms. The zero-order valence-electron chi connectivity index (χ0n) is 8.17. The minimum absolute atomic E-state index is 0. The number of amides is 1. The van der Waals surface area contributed by atoms with Crippen LogP contribution < -0.4 is 24.0 Å². The Bertz CT molecular complexity index is 329. The number of carbonyl (C=O) groups excluding carboxylic acids is 2. The van der Waals surface area contributed by atoms with Gasteiger partial charge < -0.3 is 19.7 Å². The van der Waals surface area contributed by atoms with Crippen LogP contribution in [0.5, 0.6) is 0 Å². The monoisotopic (exact) mass is 205 g/mol. The third-order valence-electron chi connectivity index (χ3n) is 2.28. The van der Waals surface area contributed by atoms with Crippen LogP contribution in [0.3, 0.4) is 0 Å². The molecule has 0 radical (unpaired) electrons. The van der Waals surface area contributed by atoms with Gasteiger partial charge in [-0.05, 0) is 6.08 Å². The fourth-order valence-electron chi connectivity index (χ4n) is 1.65. The second kappa shape index (κ2) is 4.27. The molecule has 2 aliphatic rings. The van der Waals surface area contributed by atoms with Gasteiger partial charge in [0.15, 0.2) is 6.23 Å².